The number of primary amides is 1. The maximum absolute atomic E-state index is 15.8. The van der Waals surface area contributed by atoms with Gasteiger partial charge in [0.25, 0.3) is 5.91 Å². The number of halogens is 1. The highest BCUT2D eigenvalue weighted by Gasteiger charge is 2.43. The van der Waals surface area contributed by atoms with Crippen molar-refractivity contribution in [1.82, 2.24) is 9.47 Å². The zero-order valence-corrected chi connectivity index (χ0v) is 25.2. The molecule has 0 spiro atoms. The van der Waals surface area contributed by atoms with Crippen molar-refractivity contribution in [2.45, 2.75) is 82.3 Å². The number of carbonyl (C=O) groups is 1. The molecule has 8 nitrogen and oxygen atoms in total. The molecule has 5 rings (SSSR count). The molecule has 10 heteroatoms. The molecule has 1 amide bonds. The lowest BCUT2D eigenvalue weighted by atomic mass is 9.89. The minimum Gasteiger partial charge on any atom is -0.377 e. The predicted molar refractivity (Wildman–Crippen MR) is 155 cm³/mol. The third-order valence-corrected chi connectivity index (χ3v) is 11.1. The van der Waals surface area contributed by atoms with Gasteiger partial charge in [-0.05, 0) is 88.6 Å². The van der Waals surface area contributed by atoms with Gasteiger partial charge in [-0.25, -0.2) is 12.8 Å². The van der Waals surface area contributed by atoms with Gasteiger partial charge in [0.15, 0.2) is 9.84 Å². The van der Waals surface area contributed by atoms with Crippen LogP contribution in [0.25, 0.3) is 5.69 Å². The minimum absolute atomic E-state index is 0.102. The van der Waals surface area contributed by atoms with Gasteiger partial charge >= 0.3 is 0 Å². The first-order chi connectivity index (χ1) is 18.8. The number of aromatic nitrogens is 1. The minimum atomic E-state index is -3.47. The van der Waals surface area contributed by atoms with Crippen molar-refractivity contribution in [3.8, 4) is 5.69 Å². The molecule has 1 aromatic carbocycles. The van der Waals surface area contributed by atoms with Crippen LogP contribution >= 0.6 is 0 Å². The quantitative estimate of drug-likeness (QED) is 0.514. The highest BCUT2D eigenvalue weighted by Crippen LogP contribution is 2.45. The lowest BCUT2D eigenvalue weighted by molar-refractivity contribution is 0.0182. The van der Waals surface area contributed by atoms with E-state index in [-0.39, 0.29) is 23.5 Å². The van der Waals surface area contributed by atoms with Gasteiger partial charge in [-0.2, -0.15) is 0 Å². The number of ether oxygens (including phenoxy) is 1. The Labute approximate surface area is 237 Å². The third-order valence-electron chi connectivity index (χ3n) is 8.82. The van der Waals surface area contributed by atoms with Crippen LogP contribution in [0.3, 0.4) is 0 Å². The number of carbonyl (C=O) groups excluding carboxylic acids is 1. The summed E-state index contributed by atoms with van der Waals surface area (Å²) in [5, 5.41) is 0. The predicted octanol–water partition coefficient (Wildman–Crippen LogP) is 3.89. The number of nitrogens with two attached hydrogens (primary N) is 1. The number of fused-ring (bicyclic) bond motifs is 3. The van der Waals surface area contributed by atoms with Crippen molar-refractivity contribution in [2.75, 3.05) is 44.9 Å². The van der Waals surface area contributed by atoms with Crippen LogP contribution in [-0.4, -0.2) is 76.0 Å². The molecule has 3 aliphatic rings. The second-order valence-electron chi connectivity index (χ2n) is 12.9. The highest BCUT2D eigenvalue weighted by atomic mass is 32.2. The lowest BCUT2D eigenvalue weighted by Crippen LogP contribution is -2.38. The largest absolute Gasteiger partial charge is 0.377 e. The van der Waals surface area contributed by atoms with Crippen LogP contribution in [-0.2, 0) is 33.8 Å². The number of anilines is 1. The molecular formula is C30H43FN4O4S. The summed E-state index contributed by atoms with van der Waals surface area (Å²) in [5.41, 5.74) is 8.71. The molecule has 1 aliphatic heterocycles. The number of hydrogen-bond donors (Lipinski definition) is 1. The van der Waals surface area contributed by atoms with E-state index in [0.717, 1.165) is 62.0 Å². The van der Waals surface area contributed by atoms with E-state index in [1.807, 2.05) is 50.5 Å². The van der Waals surface area contributed by atoms with Crippen LogP contribution in [0, 0.1) is 11.2 Å². The molecule has 2 aliphatic carbocycles. The first-order valence-electron chi connectivity index (χ1n) is 14.4. The summed E-state index contributed by atoms with van der Waals surface area (Å²) in [6.45, 7) is 5.49. The normalized spacial score (nSPS) is 23.2. The fourth-order valence-electron chi connectivity index (χ4n) is 7.01. The second-order valence-corrected chi connectivity index (χ2v) is 14.8. The highest BCUT2D eigenvalue weighted by molar-refractivity contribution is 7.91. The summed E-state index contributed by atoms with van der Waals surface area (Å²) in [6.07, 6.45) is 6.58. The summed E-state index contributed by atoms with van der Waals surface area (Å²) in [6, 6.07) is 3.28. The molecule has 2 aromatic rings. The Morgan fingerprint density at radius 2 is 1.82 bits per heavy atom. The fourth-order valence-corrected chi connectivity index (χ4v) is 9.41. The molecule has 40 heavy (non-hydrogen) atoms. The van der Waals surface area contributed by atoms with E-state index >= 15 is 4.39 Å². The van der Waals surface area contributed by atoms with Crippen molar-refractivity contribution < 1.29 is 22.3 Å². The van der Waals surface area contributed by atoms with Crippen LogP contribution in [0.15, 0.2) is 17.0 Å². The smallest absolute Gasteiger partial charge is 0.253 e. The van der Waals surface area contributed by atoms with Gasteiger partial charge in [0.05, 0.1) is 40.3 Å². The molecule has 1 aromatic heterocycles. The molecule has 0 atom stereocenters. The van der Waals surface area contributed by atoms with Crippen molar-refractivity contribution in [3.63, 3.8) is 0 Å². The summed E-state index contributed by atoms with van der Waals surface area (Å²) in [7, 11) is 2.48. The Morgan fingerprint density at radius 1 is 1.12 bits per heavy atom. The van der Waals surface area contributed by atoms with Crippen molar-refractivity contribution in [2.24, 2.45) is 11.1 Å². The summed E-state index contributed by atoms with van der Waals surface area (Å²) in [4.78, 5) is 17.0. The maximum atomic E-state index is 15.8. The lowest BCUT2D eigenvalue weighted by Gasteiger charge is -2.37. The monoisotopic (exact) mass is 574 g/mol. The first-order valence-corrected chi connectivity index (χ1v) is 16.1. The zero-order valence-electron chi connectivity index (χ0n) is 24.4. The number of nitrogens with zero attached hydrogens (tertiary/aromatic N) is 3. The molecule has 0 radical (unpaired) electrons. The summed E-state index contributed by atoms with van der Waals surface area (Å²) < 4.78 is 50.7. The third kappa shape index (κ3) is 5.42. The van der Waals surface area contributed by atoms with Crippen molar-refractivity contribution in [3.05, 3.63) is 40.5 Å². The number of rotatable bonds is 8. The van der Waals surface area contributed by atoms with Gasteiger partial charge in [0.2, 0.25) is 0 Å². The average molecular weight is 575 g/mol. The molecule has 1 fully saturated rings. The van der Waals surface area contributed by atoms with Gasteiger partial charge in [-0.1, -0.05) is 13.8 Å². The van der Waals surface area contributed by atoms with Gasteiger partial charge in [-0.3, -0.25) is 4.79 Å². The molecule has 0 bridgehead atoms. The topological polar surface area (TPSA) is 97.9 Å². The molecule has 0 saturated heterocycles. The molecule has 0 unspecified atom stereocenters. The Bertz CT molecular complexity index is 1410. The van der Waals surface area contributed by atoms with Gasteiger partial charge in [0.1, 0.15) is 5.82 Å². The van der Waals surface area contributed by atoms with Gasteiger partial charge < -0.3 is 24.8 Å². The van der Waals surface area contributed by atoms with Crippen molar-refractivity contribution >= 4 is 21.4 Å². The standard InChI is InChI=1S/C30H43FN4O4S/c1-30(2)17-26-28(40(37,38)18-30)22-7-6-8-24(22)35(26)20-15-23(31)27(29(32)36)25(16-20)34(5)19-9-11-21(12-10-19)39-14-13-33(3)4/h15-16,19,21H,6-14,17-18H2,1-5H3,(H2,32,36). The Kier molecular flexibility index (Phi) is 7.82. The Balaban J connectivity index is 1.52. The van der Waals surface area contributed by atoms with E-state index < -0.39 is 27.0 Å². The average Bonchev–Trinajstić information content (AvgIpc) is 3.41. The van der Waals surface area contributed by atoms with E-state index in [0.29, 0.717) is 35.7 Å². The maximum Gasteiger partial charge on any atom is 0.253 e. The molecule has 2 heterocycles. The second kappa shape index (κ2) is 10.8. The van der Waals surface area contributed by atoms with E-state index in [1.165, 1.54) is 6.07 Å². The van der Waals surface area contributed by atoms with Crippen LogP contribution in [0.4, 0.5) is 10.1 Å². The number of amides is 1. The van der Waals surface area contributed by atoms with E-state index in [2.05, 4.69) is 4.90 Å². The van der Waals surface area contributed by atoms with Crippen LogP contribution < -0.4 is 10.6 Å². The summed E-state index contributed by atoms with van der Waals surface area (Å²) in [5.74, 6) is -1.39. The zero-order chi connectivity index (χ0) is 29.0. The number of likely N-dealkylation sites (N-methyl/N-ethyl adjacent to an activating group) is 1. The van der Waals surface area contributed by atoms with Gasteiger partial charge in [0, 0.05) is 31.0 Å². The number of sulfone groups is 1. The Hall–Kier alpha value is -2.43. The van der Waals surface area contributed by atoms with Gasteiger partial charge in [-0.15, -0.1) is 0 Å². The van der Waals surface area contributed by atoms with Crippen LogP contribution in [0.2, 0.25) is 0 Å². The van der Waals surface area contributed by atoms with Crippen LogP contribution in [0.5, 0.6) is 0 Å². The molecule has 220 valence electrons. The van der Waals surface area contributed by atoms with E-state index in [1.54, 1.807) is 0 Å². The first kappa shape index (κ1) is 29.1. The molecule has 2 N–H and O–H groups in total. The SMILES string of the molecule is CN(C)CCOC1CCC(N(C)c2cc(-n3c4c(c5c3CC(C)(C)CS5(=O)=O)CCC4)cc(F)c2C(N)=O)CC1. The van der Waals surface area contributed by atoms with E-state index in [4.69, 9.17) is 10.5 Å². The number of benzene rings is 1. The Morgan fingerprint density at radius 3 is 2.48 bits per heavy atom. The van der Waals surface area contributed by atoms with Crippen molar-refractivity contribution in [1.29, 1.82) is 0 Å². The van der Waals surface area contributed by atoms with Crippen LogP contribution in [0.1, 0.15) is 73.3 Å². The summed E-state index contributed by atoms with van der Waals surface area (Å²) >= 11 is 0. The fraction of sp³-hybridized carbons (Fsp3) is 0.633. The van der Waals surface area contributed by atoms with E-state index in [9.17, 15) is 13.2 Å². The molecular weight excluding hydrogens is 531 g/mol. The molecule has 1 saturated carbocycles. The number of hydrogen-bond acceptors (Lipinski definition) is 6.